The fraction of sp³-hybridized carbons (Fsp3) is 0.172. The zero-order valence-corrected chi connectivity index (χ0v) is 20.2. The third-order valence-corrected chi connectivity index (χ3v) is 6.50. The molecule has 178 valence electrons. The molecule has 0 aromatic carbocycles. The second-order valence-electron chi connectivity index (χ2n) is 9.09. The first-order chi connectivity index (χ1) is 17.7. The average molecular weight is 474 g/mol. The normalized spacial score (nSPS) is 13.0. The van der Waals surface area contributed by atoms with Crippen LogP contribution in [0, 0.1) is 0 Å². The predicted molar refractivity (Wildman–Crippen MR) is 146 cm³/mol. The van der Waals surface area contributed by atoms with Crippen molar-refractivity contribution in [3.8, 4) is 22.5 Å². The number of H-pyrrole nitrogens is 2. The van der Waals surface area contributed by atoms with Gasteiger partial charge in [-0.3, -0.25) is 15.1 Å². The summed E-state index contributed by atoms with van der Waals surface area (Å²) in [5.74, 6) is 0. The molecule has 0 bridgehead atoms. The zero-order chi connectivity index (χ0) is 24.5. The van der Waals surface area contributed by atoms with Gasteiger partial charge in [0.25, 0.3) is 0 Å². The molecule has 5 aromatic rings. The van der Waals surface area contributed by atoms with Gasteiger partial charge in [0.1, 0.15) is 0 Å². The molecular formula is C29H27N7. The molecule has 0 amide bonds. The van der Waals surface area contributed by atoms with Crippen LogP contribution in [0.1, 0.15) is 38.3 Å². The van der Waals surface area contributed by atoms with E-state index in [4.69, 9.17) is 0 Å². The fourth-order valence-corrected chi connectivity index (χ4v) is 4.64. The number of hydrogen-bond acceptors (Lipinski definition) is 5. The average Bonchev–Trinajstić information content (AvgIpc) is 3.66. The summed E-state index contributed by atoms with van der Waals surface area (Å²) in [6.07, 6.45) is 18.0. The second-order valence-corrected chi connectivity index (χ2v) is 9.09. The van der Waals surface area contributed by atoms with Gasteiger partial charge in [-0.15, -0.1) is 0 Å². The van der Waals surface area contributed by atoms with Gasteiger partial charge in [-0.05, 0) is 49.1 Å². The van der Waals surface area contributed by atoms with E-state index in [2.05, 4.69) is 85.4 Å². The van der Waals surface area contributed by atoms with E-state index >= 15 is 0 Å². The number of pyridine rings is 3. The van der Waals surface area contributed by atoms with Crippen molar-refractivity contribution in [3.63, 3.8) is 0 Å². The van der Waals surface area contributed by atoms with Gasteiger partial charge in [0, 0.05) is 51.7 Å². The molecule has 1 aliphatic rings. The van der Waals surface area contributed by atoms with Gasteiger partial charge in [0.05, 0.1) is 29.0 Å². The summed E-state index contributed by atoms with van der Waals surface area (Å²) in [6.45, 7) is 6.32. The van der Waals surface area contributed by atoms with Crippen LogP contribution in [0.25, 0.3) is 50.0 Å². The summed E-state index contributed by atoms with van der Waals surface area (Å²) in [5.41, 5.74) is 9.57. The van der Waals surface area contributed by atoms with E-state index in [1.54, 1.807) is 0 Å². The number of aromatic amines is 2. The van der Waals surface area contributed by atoms with Crippen LogP contribution in [0.4, 0.5) is 5.69 Å². The van der Waals surface area contributed by atoms with Gasteiger partial charge in [-0.2, -0.15) is 5.10 Å². The molecule has 0 atom stereocenters. The minimum atomic E-state index is 0.669. The molecule has 0 fully saturated rings. The Morgan fingerprint density at radius 3 is 2.86 bits per heavy atom. The first kappa shape index (κ1) is 22.0. The van der Waals surface area contributed by atoms with Gasteiger partial charge in [0.15, 0.2) is 5.65 Å². The molecule has 5 heterocycles. The summed E-state index contributed by atoms with van der Waals surface area (Å²) in [5, 5.41) is 13.0. The number of aromatic nitrogens is 6. The van der Waals surface area contributed by atoms with Crippen molar-refractivity contribution in [1.29, 1.82) is 0 Å². The molecule has 0 saturated heterocycles. The van der Waals surface area contributed by atoms with E-state index in [0.29, 0.717) is 5.65 Å². The number of fused-ring (bicyclic) bond motifs is 2. The molecule has 0 unspecified atom stereocenters. The van der Waals surface area contributed by atoms with Gasteiger partial charge in [-0.25, -0.2) is 4.98 Å². The van der Waals surface area contributed by atoms with Crippen molar-refractivity contribution in [3.05, 3.63) is 85.3 Å². The zero-order valence-electron chi connectivity index (χ0n) is 20.2. The van der Waals surface area contributed by atoms with Crippen LogP contribution in [0.5, 0.6) is 0 Å². The number of nitrogens with zero attached hydrogens (tertiary/aromatic N) is 4. The highest BCUT2D eigenvalue weighted by Gasteiger charge is 2.16. The molecule has 5 aromatic heterocycles. The molecular weight excluding hydrogens is 446 g/mol. The van der Waals surface area contributed by atoms with Crippen LogP contribution >= 0.6 is 0 Å². The third-order valence-electron chi connectivity index (χ3n) is 6.50. The van der Waals surface area contributed by atoms with Crippen molar-refractivity contribution in [2.24, 2.45) is 0 Å². The highest BCUT2D eigenvalue weighted by molar-refractivity contribution is 5.99. The Labute approximate surface area is 209 Å². The van der Waals surface area contributed by atoms with E-state index < -0.39 is 0 Å². The van der Waals surface area contributed by atoms with Gasteiger partial charge in [-0.1, -0.05) is 38.2 Å². The molecule has 0 saturated carbocycles. The molecule has 7 nitrogen and oxygen atoms in total. The topological polar surface area (TPSA) is 95.2 Å². The second kappa shape index (κ2) is 9.26. The number of nitrogens with one attached hydrogen (secondary N) is 3. The predicted octanol–water partition coefficient (Wildman–Crippen LogP) is 7.02. The molecule has 3 N–H and O–H groups in total. The van der Waals surface area contributed by atoms with E-state index in [1.807, 2.05) is 30.9 Å². The van der Waals surface area contributed by atoms with Crippen LogP contribution in [0.2, 0.25) is 0 Å². The van der Waals surface area contributed by atoms with Gasteiger partial charge >= 0.3 is 0 Å². The van der Waals surface area contributed by atoms with Crippen LogP contribution in [-0.2, 0) is 0 Å². The summed E-state index contributed by atoms with van der Waals surface area (Å²) < 4.78 is 0. The van der Waals surface area contributed by atoms with Gasteiger partial charge in [0.2, 0.25) is 0 Å². The highest BCUT2D eigenvalue weighted by Crippen LogP contribution is 2.34. The number of allylic oxidation sites excluding steroid dienone is 5. The number of anilines is 1. The Balaban J connectivity index is 1.36. The Morgan fingerprint density at radius 2 is 2.00 bits per heavy atom. The maximum absolute atomic E-state index is 4.65. The first-order valence-electron chi connectivity index (χ1n) is 12.3. The minimum absolute atomic E-state index is 0.669. The monoisotopic (exact) mass is 473 g/mol. The van der Waals surface area contributed by atoms with Crippen molar-refractivity contribution < 1.29 is 0 Å². The Bertz CT molecular complexity index is 1650. The van der Waals surface area contributed by atoms with Crippen LogP contribution in [0.15, 0.2) is 79.6 Å². The number of rotatable bonds is 8. The van der Waals surface area contributed by atoms with Crippen LogP contribution in [-0.4, -0.2) is 30.1 Å². The van der Waals surface area contributed by atoms with Crippen molar-refractivity contribution >= 4 is 33.2 Å². The van der Waals surface area contributed by atoms with Crippen LogP contribution < -0.4 is 5.32 Å². The lowest BCUT2D eigenvalue weighted by atomic mass is 10.1. The van der Waals surface area contributed by atoms with E-state index in [0.717, 1.165) is 87.1 Å². The SMILES string of the molecule is C=C(CCCC)Nc1cncc(-c2cnc3n[nH]c(-c4cc5c(C6=CCC=C6)nccc5[nH]4)c3c2)c1. The highest BCUT2D eigenvalue weighted by atomic mass is 15.2. The Hall–Kier alpha value is -4.52. The van der Waals surface area contributed by atoms with E-state index in [9.17, 15) is 0 Å². The first-order valence-corrected chi connectivity index (χ1v) is 12.3. The third kappa shape index (κ3) is 4.09. The minimum Gasteiger partial charge on any atom is -0.358 e. The number of hydrogen-bond donors (Lipinski definition) is 3. The molecule has 0 spiro atoms. The summed E-state index contributed by atoms with van der Waals surface area (Å²) in [6, 6.07) is 8.33. The van der Waals surface area contributed by atoms with E-state index in [1.165, 1.54) is 0 Å². The molecule has 7 heteroatoms. The lowest BCUT2D eigenvalue weighted by molar-refractivity contribution is 0.791. The maximum Gasteiger partial charge on any atom is 0.181 e. The van der Waals surface area contributed by atoms with Crippen molar-refractivity contribution in [2.45, 2.75) is 32.6 Å². The largest absolute Gasteiger partial charge is 0.358 e. The lowest BCUT2D eigenvalue weighted by Gasteiger charge is -2.10. The van der Waals surface area contributed by atoms with Gasteiger partial charge < -0.3 is 10.3 Å². The standard InChI is InChI=1S/C29H27N7/c1-3-4-7-18(2)33-22-12-20(15-30-17-22)21-13-24-28(35-36-29(24)32-16-21)26-14-23-25(34-26)10-11-31-27(23)19-8-5-6-9-19/h5,8-17,33-34H,2-4,6-7H2,1H3,(H,32,35,36). The smallest absolute Gasteiger partial charge is 0.181 e. The fourth-order valence-electron chi connectivity index (χ4n) is 4.64. The van der Waals surface area contributed by atoms with Crippen LogP contribution in [0.3, 0.4) is 0 Å². The maximum atomic E-state index is 4.65. The van der Waals surface area contributed by atoms with E-state index in [-0.39, 0.29) is 0 Å². The summed E-state index contributed by atoms with van der Waals surface area (Å²) in [4.78, 5) is 17.2. The lowest BCUT2D eigenvalue weighted by Crippen LogP contribution is -1.98. The summed E-state index contributed by atoms with van der Waals surface area (Å²) >= 11 is 0. The molecule has 36 heavy (non-hydrogen) atoms. The van der Waals surface area contributed by atoms with Crippen molar-refractivity contribution in [2.75, 3.05) is 5.32 Å². The molecule has 6 rings (SSSR count). The molecule has 1 aliphatic carbocycles. The Kier molecular flexibility index (Phi) is 5.65. The Morgan fingerprint density at radius 1 is 1.08 bits per heavy atom. The number of unbranched alkanes of at least 4 members (excludes halogenated alkanes) is 1. The quantitative estimate of drug-likeness (QED) is 0.225. The summed E-state index contributed by atoms with van der Waals surface area (Å²) in [7, 11) is 0. The van der Waals surface area contributed by atoms with Crippen molar-refractivity contribution in [1.82, 2.24) is 30.1 Å². The molecule has 0 radical (unpaired) electrons. The molecule has 0 aliphatic heterocycles.